The van der Waals surface area contributed by atoms with Crippen LogP contribution < -0.4 is 5.32 Å². The van der Waals surface area contributed by atoms with Crippen LogP contribution in [0, 0.1) is 0 Å². The molecule has 0 spiro atoms. The molecular formula is C22H13ClF3N3O. The lowest BCUT2D eigenvalue weighted by molar-refractivity contribution is -0.186. The fourth-order valence-electron chi connectivity index (χ4n) is 3.91. The van der Waals surface area contributed by atoms with Crippen LogP contribution in [-0.4, -0.2) is 21.5 Å². The average molecular weight is 428 g/mol. The predicted molar refractivity (Wildman–Crippen MR) is 109 cm³/mol. The number of hydrogen-bond donors (Lipinski definition) is 1. The normalized spacial score (nSPS) is 18.2. The maximum absolute atomic E-state index is 14.8. The van der Waals surface area contributed by atoms with E-state index in [4.69, 9.17) is 11.6 Å². The second-order valence-corrected chi connectivity index (χ2v) is 7.41. The Hall–Kier alpha value is -3.32. The number of halogens is 4. The molecule has 5 rings (SSSR count). The van der Waals surface area contributed by atoms with Gasteiger partial charge in [-0.05, 0) is 42.5 Å². The summed E-state index contributed by atoms with van der Waals surface area (Å²) in [7, 11) is 0. The van der Waals surface area contributed by atoms with E-state index >= 15 is 0 Å². The molecule has 8 heteroatoms. The van der Waals surface area contributed by atoms with Gasteiger partial charge in [0.2, 0.25) is 5.78 Å². The molecule has 0 saturated heterocycles. The van der Waals surface area contributed by atoms with Crippen molar-refractivity contribution in [3.8, 4) is 11.4 Å². The summed E-state index contributed by atoms with van der Waals surface area (Å²) >= 11 is 6.03. The van der Waals surface area contributed by atoms with E-state index in [-0.39, 0.29) is 27.6 Å². The number of carbonyl (C=O) groups is 1. The summed E-state index contributed by atoms with van der Waals surface area (Å²) in [5.41, 5.74) is -2.22. The summed E-state index contributed by atoms with van der Waals surface area (Å²) in [6.45, 7) is 0. The first kappa shape index (κ1) is 18.7. The SMILES string of the molecule is O=C1c2cc(Cl)ccc2-c2nc3ccccc3n2C1(Nc1ccccc1)C(F)(F)F. The average Bonchev–Trinajstić information content (AvgIpc) is 3.11. The van der Waals surface area contributed by atoms with Gasteiger partial charge in [0.05, 0.1) is 11.0 Å². The Labute approximate surface area is 173 Å². The van der Waals surface area contributed by atoms with E-state index in [2.05, 4.69) is 10.3 Å². The fourth-order valence-corrected chi connectivity index (χ4v) is 4.08. The van der Waals surface area contributed by atoms with Crippen LogP contribution in [0.4, 0.5) is 18.9 Å². The number of fused-ring (bicyclic) bond motifs is 5. The van der Waals surface area contributed by atoms with E-state index in [0.29, 0.717) is 11.1 Å². The number of nitrogens with one attached hydrogen (secondary N) is 1. The van der Waals surface area contributed by atoms with Crippen molar-refractivity contribution in [2.45, 2.75) is 11.8 Å². The number of aromatic nitrogens is 2. The van der Waals surface area contributed by atoms with Crippen LogP contribution >= 0.6 is 11.6 Å². The van der Waals surface area contributed by atoms with Crippen LogP contribution in [-0.2, 0) is 5.66 Å². The Balaban J connectivity index is 1.92. The van der Waals surface area contributed by atoms with Gasteiger partial charge in [-0.2, -0.15) is 13.2 Å². The van der Waals surface area contributed by atoms with Crippen molar-refractivity contribution >= 4 is 34.1 Å². The zero-order valence-electron chi connectivity index (χ0n) is 15.2. The van der Waals surface area contributed by atoms with Gasteiger partial charge in [-0.25, -0.2) is 4.98 Å². The number of benzene rings is 3. The molecule has 1 aromatic heterocycles. The molecule has 3 aromatic carbocycles. The van der Waals surface area contributed by atoms with Gasteiger partial charge in [0.15, 0.2) is 0 Å². The van der Waals surface area contributed by atoms with Crippen LogP contribution in [0.15, 0.2) is 72.8 Å². The van der Waals surface area contributed by atoms with Gasteiger partial charge >= 0.3 is 6.18 Å². The minimum atomic E-state index is -4.99. The lowest BCUT2D eigenvalue weighted by Gasteiger charge is -2.41. The van der Waals surface area contributed by atoms with Crippen LogP contribution in [0.25, 0.3) is 22.4 Å². The molecule has 1 aliphatic rings. The van der Waals surface area contributed by atoms with Crippen molar-refractivity contribution in [2.24, 2.45) is 0 Å². The zero-order chi connectivity index (χ0) is 21.1. The lowest BCUT2D eigenvalue weighted by Crippen LogP contribution is -2.61. The van der Waals surface area contributed by atoms with Crippen LogP contribution in [0.3, 0.4) is 0 Å². The van der Waals surface area contributed by atoms with Crippen molar-refractivity contribution in [1.82, 2.24) is 9.55 Å². The highest BCUT2D eigenvalue weighted by molar-refractivity contribution is 6.31. The van der Waals surface area contributed by atoms with Crippen LogP contribution in [0.5, 0.6) is 0 Å². The fraction of sp³-hybridized carbons (Fsp3) is 0.0909. The molecule has 0 fully saturated rings. The quantitative estimate of drug-likeness (QED) is 0.434. The smallest absolute Gasteiger partial charge is 0.348 e. The molecule has 4 nitrogen and oxygen atoms in total. The highest BCUT2D eigenvalue weighted by Gasteiger charge is 2.65. The van der Waals surface area contributed by atoms with Crippen molar-refractivity contribution in [1.29, 1.82) is 0 Å². The predicted octanol–water partition coefficient (Wildman–Crippen LogP) is 5.88. The molecule has 1 atom stereocenters. The van der Waals surface area contributed by atoms with Crippen molar-refractivity contribution < 1.29 is 18.0 Å². The molecule has 1 aliphatic heterocycles. The maximum atomic E-state index is 14.8. The number of para-hydroxylation sites is 3. The molecule has 30 heavy (non-hydrogen) atoms. The van der Waals surface area contributed by atoms with E-state index in [0.717, 1.165) is 4.57 Å². The van der Waals surface area contributed by atoms with Gasteiger partial charge in [-0.15, -0.1) is 0 Å². The van der Waals surface area contributed by atoms with E-state index < -0.39 is 17.6 Å². The summed E-state index contributed by atoms with van der Waals surface area (Å²) in [6, 6.07) is 18.6. The highest BCUT2D eigenvalue weighted by atomic mass is 35.5. The third-order valence-corrected chi connectivity index (χ3v) is 5.44. The summed E-state index contributed by atoms with van der Waals surface area (Å²) < 4.78 is 45.5. The Bertz CT molecular complexity index is 1300. The topological polar surface area (TPSA) is 46.9 Å². The standard InChI is InChI=1S/C22H13ClF3N3O/c23-13-10-11-15-16(12-13)19(30)21(22(24,25)26,28-14-6-2-1-3-7-14)29-18-9-5-4-8-17(18)27-20(15)29/h1-12,28H. The first-order valence-corrected chi connectivity index (χ1v) is 9.43. The number of hydrogen-bond acceptors (Lipinski definition) is 3. The lowest BCUT2D eigenvalue weighted by atomic mass is 9.88. The van der Waals surface area contributed by atoms with Crippen LogP contribution in [0.2, 0.25) is 5.02 Å². The van der Waals surface area contributed by atoms with Gasteiger partial charge in [-0.3, -0.25) is 9.36 Å². The first-order valence-electron chi connectivity index (χ1n) is 9.05. The zero-order valence-corrected chi connectivity index (χ0v) is 16.0. The molecule has 0 amide bonds. The highest BCUT2D eigenvalue weighted by Crippen LogP contribution is 2.49. The number of carbonyl (C=O) groups excluding carboxylic acids is 1. The van der Waals surface area contributed by atoms with Gasteiger partial charge in [0, 0.05) is 21.8 Å². The van der Waals surface area contributed by atoms with Crippen LogP contribution in [0.1, 0.15) is 10.4 Å². The third kappa shape index (κ3) is 2.48. The molecule has 2 heterocycles. The number of alkyl halides is 3. The molecular weight excluding hydrogens is 415 g/mol. The minimum Gasteiger partial charge on any atom is -0.348 e. The van der Waals surface area contributed by atoms with Crippen molar-refractivity contribution in [3.05, 3.63) is 83.4 Å². The summed E-state index contributed by atoms with van der Waals surface area (Å²) in [6.07, 6.45) is -4.99. The van der Waals surface area contributed by atoms with E-state index in [1.165, 1.54) is 36.4 Å². The number of imidazole rings is 1. The summed E-state index contributed by atoms with van der Waals surface area (Å²) in [4.78, 5) is 18.0. The van der Waals surface area contributed by atoms with Gasteiger partial charge < -0.3 is 5.32 Å². The Morgan fingerprint density at radius 1 is 0.933 bits per heavy atom. The molecule has 1 unspecified atom stereocenters. The van der Waals surface area contributed by atoms with Crippen molar-refractivity contribution in [2.75, 3.05) is 5.32 Å². The molecule has 1 N–H and O–H groups in total. The summed E-state index contributed by atoms with van der Waals surface area (Å²) in [5.74, 6) is -1.10. The molecule has 0 radical (unpaired) electrons. The molecule has 0 aliphatic carbocycles. The van der Waals surface area contributed by atoms with E-state index in [1.54, 1.807) is 36.4 Å². The molecule has 0 bridgehead atoms. The second kappa shape index (κ2) is 6.34. The monoisotopic (exact) mass is 427 g/mol. The molecule has 150 valence electrons. The number of Topliss-reactive ketones (excluding diaryl/α,β-unsaturated/α-hetero) is 1. The summed E-state index contributed by atoms with van der Waals surface area (Å²) in [5, 5.41) is 2.65. The number of anilines is 1. The number of nitrogens with zero attached hydrogens (tertiary/aromatic N) is 2. The van der Waals surface area contributed by atoms with E-state index in [1.807, 2.05) is 0 Å². The van der Waals surface area contributed by atoms with Gasteiger partial charge in [-0.1, -0.05) is 41.9 Å². The molecule has 4 aromatic rings. The third-order valence-electron chi connectivity index (χ3n) is 5.20. The second-order valence-electron chi connectivity index (χ2n) is 6.98. The first-order chi connectivity index (χ1) is 14.3. The molecule has 0 saturated carbocycles. The number of rotatable bonds is 2. The van der Waals surface area contributed by atoms with Gasteiger partial charge in [0.25, 0.3) is 5.66 Å². The van der Waals surface area contributed by atoms with Crippen molar-refractivity contribution in [3.63, 3.8) is 0 Å². The van der Waals surface area contributed by atoms with Gasteiger partial charge in [0.1, 0.15) is 5.82 Å². The Kier molecular flexibility index (Phi) is 3.95. The largest absolute Gasteiger partial charge is 0.438 e. The minimum absolute atomic E-state index is 0.0447. The Morgan fingerprint density at radius 3 is 2.37 bits per heavy atom. The van der Waals surface area contributed by atoms with E-state index in [9.17, 15) is 18.0 Å². The Morgan fingerprint density at radius 2 is 1.63 bits per heavy atom. The number of ketones is 1. The maximum Gasteiger partial charge on any atom is 0.438 e.